The van der Waals surface area contributed by atoms with Crippen molar-refractivity contribution >= 4 is 5.97 Å². The predicted molar refractivity (Wildman–Crippen MR) is 38.3 cm³/mol. The minimum atomic E-state index is -0.815. The SMILES string of the molecule is CC1CC2CCC1(C(=O)O)O2. The van der Waals surface area contributed by atoms with Gasteiger partial charge in [0.15, 0.2) is 5.60 Å². The molecule has 2 saturated heterocycles. The molecule has 0 saturated carbocycles. The van der Waals surface area contributed by atoms with Gasteiger partial charge < -0.3 is 9.84 Å². The number of carboxylic acids is 1. The predicted octanol–water partition coefficient (Wildman–Crippen LogP) is 1.03. The van der Waals surface area contributed by atoms with Gasteiger partial charge in [0.25, 0.3) is 0 Å². The van der Waals surface area contributed by atoms with Crippen LogP contribution in [0.5, 0.6) is 0 Å². The molecular weight excluding hydrogens is 144 g/mol. The number of carboxylic acid groups (broad SMARTS) is 1. The average molecular weight is 156 g/mol. The van der Waals surface area contributed by atoms with Crippen LogP contribution in [0, 0.1) is 5.92 Å². The summed E-state index contributed by atoms with van der Waals surface area (Å²) in [5, 5.41) is 8.94. The van der Waals surface area contributed by atoms with E-state index in [1.54, 1.807) is 0 Å². The summed E-state index contributed by atoms with van der Waals surface area (Å²) in [6, 6.07) is 0. The van der Waals surface area contributed by atoms with E-state index in [9.17, 15) is 4.79 Å². The minimum Gasteiger partial charge on any atom is -0.479 e. The van der Waals surface area contributed by atoms with Gasteiger partial charge in [-0.05, 0) is 25.2 Å². The standard InChI is InChI=1S/C8H12O3/c1-5-4-6-2-3-8(5,11-6)7(9)10/h5-6H,2-4H2,1H3,(H,9,10). The minimum absolute atomic E-state index is 0.193. The van der Waals surface area contributed by atoms with Crippen molar-refractivity contribution < 1.29 is 14.6 Å². The lowest BCUT2D eigenvalue weighted by Gasteiger charge is -2.24. The molecule has 0 radical (unpaired) electrons. The highest BCUT2D eigenvalue weighted by atomic mass is 16.5. The second-order valence-electron chi connectivity index (χ2n) is 3.61. The van der Waals surface area contributed by atoms with Gasteiger partial charge in [0.2, 0.25) is 0 Å². The first-order valence-corrected chi connectivity index (χ1v) is 4.06. The van der Waals surface area contributed by atoms with Gasteiger partial charge in [-0.1, -0.05) is 6.92 Å². The van der Waals surface area contributed by atoms with E-state index in [0.29, 0.717) is 6.42 Å². The van der Waals surface area contributed by atoms with Crippen molar-refractivity contribution in [1.82, 2.24) is 0 Å². The summed E-state index contributed by atoms with van der Waals surface area (Å²) < 4.78 is 5.43. The van der Waals surface area contributed by atoms with Gasteiger partial charge in [0, 0.05) is 0 Å². The number of hydrogen-bond donors (Lipinski definition) is 1. The Hall–Kier alpha value is -0.570. The Kier molecular flexibility index (Phi) is 1.27. The Morgan fingerprint density at radius 3 is 2.73 bits per heavy atom. The third kappa shape index (κ3) is 0.745. The highest BCUT2D eigenvalue weighted by molar-refractivity contribution is 5.78. The Labute approximate surface area is 65.4 Å². The van der Waals surface area contributed by atoms with Crippen LogP contribution in [0.3, 0.4) is 0 Å². The lowest BCUT2D eigenvalue weighted by molar-refractivity contribution is -0.161. The second-order valence-corrected chi connectivity index (χ2v) is 3.61. The third-order valence-electron chi connectivity index (χ3n) is 2.99. The van der Waals surface area contributed by atoms with Crippen molar-refractivity contribution in [3.63, 3.8) is 0 Å². The molecule has 2 bridgehead atoms. The van der Waals surface area contributed by atoms with Gasteiger partial charge in [0.1, 0.15) is 0 Å². The number of carbonyl (C=O) groups is 1. The number of hydrogen-bond acceptors (Lipinski definition) is 2. The molecule has 11 heavy (non-hydrogen) atoms. The number of aliphatic carboxylic acids is 1. The third-order valence-corrected chi connectivity index (χ3v) is 2.99. The van der Waals surface area contributed by atoms with Crippen LogP contribution in [0.1, 0.15) is 26.2 Å². The zero-order valence-electron chi connectivity index (χ0n) is 6.54. The fourth-order valence-corrected chi connectivity index (χ4v) is 2.27. The number of fused-ring (bicyclic) bond motifs is 2. The molecule has 2 rings (SSSR count). The van der Waals surface area contributed by atoms with E-state index in [4.69, 9.17) is 9.84 Å². The molecule has 3 unspecified atom stereocenters. The molecular formula is C8H12O3. The highest BCUT2D eigenvalue weighted by Gasteiger charge is 2.56. The summed E-state index contributed by atoms with van der Waals surface area (Å²) in [7, 11) is 0. The van der Waals surface area contributed by atoms with Crippen LogP contribution >= 0.6 is 0 Å². The zero-order valence-corrected chi connectivity index (χ0v) is 6.54. The van der Waals surface area contributed by atoms with Crippen molar-refractivity contribution in [2.75, 3.05) is 0 Å². The smallest absolute Gasteiger partial charge is 0.336 e. The van der Waals surface area contributed by atoms with E-state index in [2.05, 4.69) is 0 Å². The molecule has 3 atom stereocenters. The summed E-state index contributed by atoms with van der Waals surface area (Å²) in [4.78, 5) is 10.9. The molecule has 0 aromatic rings. The Morgan fingerprint density at radius 2 is 2.45 bits per heavy atom. The molecule has 3 heteroatoms. The lowest BCUT2D eigenvalue weighted by atomic mass is 9.80. The Morgan fingerprint density at radius 1 is 1.73 bits per heavy atom. The summed E-state index contributed by atoms with van der Waals surface area (Å²) in [5.41, 5.74) is -0.815. The maximum Gasteiger partial charge on any atom is 0.336 e. The van der Waals surface area contributed by atoms with Gasteiger partial charge in [-0.25, -0.2) is 4.79 Å². The van der Waals surface area contributed by atoms with Crippen molar-refractivity contribution in [3.8, 4) is 0 Å². The maximum atomic E-state index is 10.9. The molecule has 2 fully saturated rings. The molecule has 3 nitrogen and oxygen atoms in total. The van der Waals surface area contributed by atoms with Crippen molar-refractivity contribution in [1.29, 1.82) is 0 Å². The second kappa shape index (κ2) is 1.97. The zero-order chi connectivity index (χ0) is 8.06. The van der Waals surface area contributed by atoms with Gasteiger partial charge in [-0.2, -0.15) is 0 Å². The van der Waals surface area contributed by atoms with E-state index < -0.39 is 11.6 Å². The normalized spacial score (nSPS) is 48.1. The Balaban J connectivity index is 2.29. The molecule has 1 N–H and O–H groups in total. The molecule has 62 valence electrons. The van der Waals surface area contributed by atoms with Crippen LogP contribution in [0.25, 0.3) is 0 Å². The van der Waals surface area contributed by atoms with E-state index >= 15 is 0 Å². The van der Waals surface area contributed by atoms with E-state index in [1.165, 1.54) is 0 Å². The molecule has 0 aliphatic carbocycles. The van der Waals surface area contributed by atoms with Crippen LogP contribution in [-0.2, 0) is 9.53 Å². The van der Waals surface area contributed by atoms with Crippen molar-refractivity contribution in [2.24, 2.45) is 5.92 Å². The lowest BCUT2D eigenvalue weighted by Crippen LogP contribution is -2.41. The largest absolute Gasteiger partial charge is 0.479 e. The highest BCUT2D eigenvalue weighted by Crippen LogP contribution is 2.47. The van der Waals surface area contributed by atoms with Crippen LogP contribution in [0.4, 0.5) is 0 Å². The Bertz CT molecular complexity index is 202. The summed E-state index contributed by atoms with van der Waals surface area (Å²) >= 11 is 0. The summed E-state index contributed by atoms with van der Waals surface area (Å²) in [6.07, 6.45) is 2.78. The average Bonchev–Trinajstić information content (AvgIpc) is 2.43. The molecule has 0 aromatic carbocycles. The van der Waals surface area contributed by atoms with Crippen LogP contribution in [-0.4, -0.2) is 22.8 Å². The van der Waals surface area contributed by atoms with Gasteiger partial charge in [-0.15, -0.1) is 0 Å². The molecule has 0 spiro atoms. The van der Waals surface area contributed by atoms with Crippen LogP contribution < -0.4 is 0 Å². The number of ether oxygens (including phenoxy) is 1. The van der Waals surface area contributed by atoms with E-state index in [1.807, 2.05) is 6.92 Å². The molecule has 0 aromatic heterocycles. The van der Waals surface area contributed by atoms with Gasteiger partial charge >= 0.3 is 5.97 Å². The fourth-order valence-electron chi connectivity index (χ4n) is 2.27. The fraction of sp³-hybridized carbons (Fsp3) is 0.875. The first-order chi connectivity index (χ1) is 5.15. The van der Waals surface area contributed by atoms with E-state index in [0.717, 1.165) is 12.8 Å². The van der Waals surface area contributed by atoms with Gasteiger partial charge in [-0.3, -0.25) is 0 Å². The number of rotatable bonds is 1. The topological polar surface area (TPSA) is 46.5 Å². The quantitative estimate of drug-likeness (QED) is 0.616. The molecule has 2 heterocycles. The van der Waals surface area contributed by atoms with Crippen LogP contribution in [0.2, 0.25) is 0 Å². The maximum absolute atomic E-state index is 10.9. The van der Waals surface area contributed by atoms with Crippen molar-refractivity contribution in [2.45, 2.75) is 37.9 Å². The summed E-state index contributed by atoms with van der Waals surface area (Å²) in [6.45, 7) is 1.97. The first-order valence-electron chi connectivity index (χ1n) is 4.06. The molecule has 2 aliphatic rings. The molecule has 2 aliphatic heterocycles. The summed E-state index contributed by atoms with van der Waals surface area (Å²) in [5.74, 6) is -0.580. The van der Waals surface area contributed by atoms with Crippen molar-refractivity contribution in [3.05, 3.63) is 0 Å². The monoisotopic (exact) mass is 156 g/mol. The van der Waals surface area contributed by atoms with E-state index in [-0.39, 0.29) is 12.0 Å². The first kappa shape index (κ1) is 7.10. The van der Waals surface area contributed by atoms with Gasteiger partial charge in [0.05, 0.1) is 6.10 Å². The van der Waals surface area contributed by atoms with Crippen LogP contribution in [0.15, 0.2) is 0 Å². The molecule has 0 amide bonds.